The highest BCUT2D eigenvalue weighted by atomic mass is 16.5. The quantitative estimate of drug-likeness (QED) is 0.602. The number of likely N-dealkylation sites (N-methyl/N-ethyl adjacent to an activating group) is 1. The smallest absolute Gasteiger partial charge is 0.323 e. The topological polar surface area (TPSA) is 49.8 Å². The summed E-state index contributed by atoms with van der Waals surface area (Å²) in [5, 5.41) is 8.85. The summed E-state index contributed by atoms with van der Waals surface area (Å²) in [4.78, 5) is 12.5. The van der Waals surface area contributed by atoms with Crippen LogP contribution in [0.25, 0.3) is 0 Å². The van der Waals surface area contributed by atoms with Crippen LogP contribution in [-0.2, 0) is 9.53 Å². The van der Waals surface area contributed by atoms with E-state index < -0.39 is 12.0 Å². The normalized spacial score (nSPS) is 13.2. The molecule has 0 aliphatic carbocycles. The summed E-state index contributed by atoms with van der Waals surface area (Å²) in [5.41, 5.74) is 0. The van der Waals surface area contributed by atoms with Gasteiger partial charge in [0.1, 0.15) is 6.04 Å². The zero-order chi connectivity index (χ0) is 10.3. The molecule has 0 bridgehead atoms. The lowest BCUT2D eigenvalue weighted by atomic mass is 10.3. The fraction of sp³-hybridized carbons (Fsp3) is 0.889. The molecule has 0 rings (SSSR count). The van der Waals surface area contributed by atoms with Crippen LogP contribution in [0.4, 0.5) is 0 Å². The van der Waals surface area contributed by atoms with E-state index in [0.717, 1.165) is 6.42 Å². The standard InChI is InChI=1S/C9H19NO3/c1-4-6-13-7-8(9(11)12)10(3)5-2/h8H,4-7H2,1-3H3,(H,11,12). The van der Waals surface area contributed by atoms with Gasteiger partial charge in [0.25, 0.3) is 0 Å². The molecule has 0 aliphatic rings. The molecule has 0 heterocycles. The number of ether oxygens (including phenoxy) is 1. The van der Waals surface area contributed by atoms with E-state index in [-0.39, 0.29) is 6.61 Å². The molecule has 78 valence electrons. The molecule has 0 amide bonds. The van der Waals surface area contributed by atoms with Crippen LogP contribution in [0.5, 0.6) is 0 Å². The number of rotatable bonds is 7. The van der Waals surface area contributed by atoms with Gasteiger partial charge in [-0.15, -0.1) is 0 Å². The Morgan fingerprint density at radius 2 is 2.15 bits per heavy atom. The second-order valence-corrected chi connectivity index (χ2v) is 3.00. The Morgan fingerprint density at radius 3 is 2.54 bits per heavy atom. The predicted octanol–water partition coefficient (Wildman–Crippen LogP) is 0.818. The van der Waals surface area contributed by atoms with Gasteiger partial charge in [-0.3, -0.25) is 9.69 Å². The minimum Gasteiger partial charge on any atom is -0.480 e. The van der Waals surface area contributed by atoms with Crippen LogP contribution >= 0.6 is 0 Å². The van der Waals surface area contributed by atoms with Crippen molar-refractivity contribution in [2.45, 2.75) is 26.3 Å². The number of hydrogen-bond donors (Lipinski definition) is 1. The van der Waals surface area contributed by atoms with Gasteiger partial charge in [0.15, 0.2) is 0 Å². The molecule has 0 spiro atoms. The van der Waals surface area contributed by atoms with Crippen LogP contribution in [0.3, 0.4) is 0 Å². The van der Waals surface area contributed by atoms with Gasteiger partial charge in [-0.1, -0.05) is 13.8 Å². The van der Waals surface area contributed by atoms with Crippen molar-refractivity contribution in [2.24, 2.45) is 0 Å². The SMILES string of the molecule is CCCOCC(C(=O)O)N(C)CC. The molecule has 0 aromatic heterocycles. The van der Waals surface area contributed by atoms with Gasteiger partial charge in [-0.2, -0.15) is 0 Å². The maximum atomic E-state index is 10.8. The van der Waals surface area contributed by atoms with E-state index >= 15 is 0 Å². The summed E-state index contributed by atoms with van der Waals surface area (Å²) in [6.45, 7) is 5.54. The number of nitrogens with zero attached hydrogens (tertiary/aromatic N) is 1. The van der Waals surface area contributed by atoms with Crippen LogP contribution in [0.2, 0.25) is 0 Å². The van der Waals surface area contributed by atoms with E-state index in [1.807, 2.05) is 13.8 Å². The van der Waals surface area contributed by atoms with Gasteiger partial charge >= 0.3 is 5.97 Å². The van der Waals surface area contributed by atoms with Crippen LogP contribution < -0.4 is 0 Å². The van der Waals surface area contributed by atoms with Crippen molar-refractivity contribution in [1.29, 1.82) is 0 Å². The summed E-state index contributed by atoms with van der Waals surface area (Å²) in [6, 6.07) is -0.517. The average molecular weight is 189 g/mol. The molecule has 0 aromatic rings. The Morgan fingerprint density at radius 1 is 1.54 bits per heavy atom. The van der Waals surface area contributed by atoms with Crippen molar-refractivity contribution in [3.63, 3.8) is 0 Å². The molecule has 0 fully saturated rings. The molecule has 0 saturated heterocycles. The van der Waals surface area contributed by atoms with Gasteiger partial charge < -0.3 is 9.84 Å². The summed E-state index contributed by atoms with van der Waals surface area (Å²) in [5.74, 6) is -0.819. The second kappa shape index (κ2) is 6.86. The van der Waals surface area contributed by atoms with E-state index in [2.05, 4.69) is 0 Å². The molecule has 1 unspecified atom stereocenters. The van der Waals surface area contributed by atoms with Crippen LogP contribution in [0, 0.1) is 0 Å². The van der Waals surface area contributed by atoms with Crippen molar-refractivity contribution in [3.05, 3.63) is 0 Å². The lowest BCUT2D eigenvalue weighted by molar-refractivity contribution is -0.145. The maximum absolute atomic E-state index is 10.8. The first kappa shape index (κ1) is 12.4. The summed E-state index contributed by atoms with van der Waals surface area (Å²) >= 11 is 0. The van der Waals surface area contributed by atoms with Crippen molar-refractivity contribution in [1.82, 2.24) is 4.90 Å². The van der Waals surface area contributed by atoms with Crippen LogP contribution in [-0.4, -0.2) is 48.8 Å². The number of carboxylic acid groups (broad SMARTS) is 1. The molecular weight excluding hydrogens is 170 g/mol. The second-order valence-electron chi connectivity index (χ2n) is 3.00. The third-order valence-electron chi connectivity index (χ3n) is 1.94. The molecule has 1 N–H and O–H groups in total. The lowest BCUT2D eigenvalue weighted by Crippen LogP contribution is -2.41. The number of carbonyl (C=O) groups is 1. The maximum Gasteiger partial charge on any atom is 0.323 e. The number of aliphatic carboxylic acids is 1. The van der Waals surface area contributed by atoms with Gasteiger partial charge in [0.05, 0.1) is 6.61 Å². The monoisotopic (exact) mass is 189 g/mol. The molecular formula is C9H19NO3. The van der Waals surface area contributed by atoms with E-state index in [4.69, 9.17) is 9.84 Å². The first-order chi connectivity index (χ1) is 6.13. The highest BCUT2D eigenvalue weighted by Gasteiger charge is 2.21. The predicted molar refractivity (Wildman–Crippen MR) is 50.8 cm³/mol. The van der Waals surface area contributed by atoms with Crippen molar-refractivity contribution >= 4 is 5.97 Å². The third-order valence-corrected chi connectivity index (χ3v) is 1.94. The highest BCUT2D eigenvalue weighted by Crippen LogP contribution is 1.98. The molecule has 0 saturated carbocycles. The minimum atomic E-state index is -0.819. The van der Waals surface area contributed by atoms with Gasteiger partial charge in [-0.25, -0.2) is 0 Å². The Bertz CT molecular complexity index is 150. The molecule has 0 aliphatic heterocycles. The number of carboxylic acids is 1. The van der Waals surface area contributed by atoms with E-state index in [9.17, 15) is 4.79 Å². The zero-order valence-electron chi connectivity index (χ0n) is 8.62. The van der Waals surface area contributed by atoms with Crippen LogP contribution in [0.1, 0.15) is 20.3 Å². The Kier molecular flexibility index (Phi) is 6.54. The zero-order valence-corrected chi connectivity index (χ0v) is 8.62. The first-order valence-electron chi connectivity index (χ1n) is 4.64. The fourth-order valence-electron chi connectivity index (χ4n) is 0.947. The van der Waals surface area contributed by atoms with Gasteiger partial charge in [0, 0.05) is 6.61 Å². The Hall–Kier alpha value is -0.610. The summed E-state index contributed by atoms with van der Waals surface area (Å²) < 4.78 is 5.21. The highest BCUT2D eigenvalue weighted by molar-refractivity contribution is 5.73. The largest absolute Gasteiger partial charge is 0.480 e. The molecule has 0 radical (unpaired) electrons. The average Bonchev–Trinajstić information content (AvgIpc) is 2.11. The Labute approximate surface area is 79.5 Å². The minimum absolute atomic E-state index is 0.271. The summed E-state index contributed by atoms with van der Waals surface area (Å²) in [7, 11) is 1.79. The third kappa shape index (κ3) is 4.85. The lowest BCUT2D eigenvalue weighted by Gasteiger charge is -2.22. The molecule has 4 nitrogen and oxygen atoms in total. The molecule has 13 heavy (non-hydrogen) atoms. The van der Waals surface area contributed by atoms with Crippen molar-refractivity contribution in [2.75, 3.05) is 26.8 Å². The first-order valence-corrected chi connectivity index (χ1v) is 4.64. The van der Waals surface area contributed by atoms with Crippen molar-refractivity contribution < 1.29 is 14.6 Å². The van der Waals surface area contributed by atoms with Gasteiger partial charge in [0.2, 0.25) is 0 Å². The van der Waals surface area contributed by atoms with E-state index in [1.54, 1.807) is 11.9 Å². The Balaban J connectivity index is 3.88. The van der Waals surface area contributed by atoms with Gasteiger partial charge in [-0.05, 0) is 20.0 Å². The number of hydrogen-bond acceptors (Lipinski definition) is 3. The fourth-order valence-corrected chi connectivity index (χ4v) is 0.947. The molecule has 4 heteroatoms. The summed E-state index contributed by atoms with van der Waals surface area (Å²) in [6.07, 6.45) is 0.919. The van der Waals surface area contributed by atoms with E-state index in [0.29, 0.717) is 13.2 Å². The van der Waals surface area contributed by atoms with Crippen molar-refractivity contribution in [3.8, 4) is 0 Å². The molecule has 1 atom stereocenters. The van der Waals surface area contributed by atoms with Crippen LogP contribution in [0.15, 0.2) is 0 Å². The van der Waals surface area contributed by atoms with E-state index in [1.165, 1.54) is 0 Å². The molecule has 0 aromatic carbocycles.